The van der Waals surface area contributed by atoms with Gasteiger partial charge in [0.1, 0.15) is 6.04 Å². The van der Waals surface area contributed by atoms with Gasteiger partial charge in [0.15, 0.2) is 5.69 Å². The second-order valence-electron chi connectivity index (χ2n) is 9.06. The molecule has 3 amide bonds. The van der Waals surface area contributed by atoms with Crippen molar-refractivity contribution in [2.45, 2.75) is 46.2 Å². The van der Waals surface area contributed by atoms with Crippen molar-refractivity contribution in [1.29, 1.82) is 0 Å². The summed E-state index contributed by atoms with van der Waals surface area (Å²) >= 11 is 1.98. The molecule has 0 aliphatic carbocycles. The number of benzene rings is 1. The monoisotopic (exact) mass is 445 g/mol. The lowest BCUT2D eigenvalue weighted by Gasteiger charge is -2.30. The Morgan fingerprint density at radius 3 is 2.55 bits per heavy atom. The number of aromatic nitrogens is 2. The lowest BCUT2D eigenvalue weighted by atomic mass is 9.86. The molecule has 1 atom stereocenters. The van der Waals surface area contributed by atoms with E-state index in [4.69, 9.17) is 5.73 Å². The first-order valence-corrected chi connectivity index (χ1v) is 11.7. The molecule has 9 heteroatoms. The number of rotatable bonds is 7. The molecule has 1 aromatic heterocycles. The molecule has 2 heterocycles. The number of thioether (sulfide) groups is 1. The van der Waals surface area contributed by atoms with Crippen molar-refractivity contribution in [3.63, 3.8) is 0 Å². The highest BCUT2D eigenvalue weighted by molar-refractivity contribution is 7.99. The molecule has 2 aromatic rings. The van der Waals surface area contributed by atoms with Crippen molar-refractivity contribution in [3.8, 4) is 0 Å². The van der Waals surface area contributed by atoms with E-state index in [1.807, 2.05) is 61.5 Å². The van der Waals surface area contributed by atoms with Crippen LogP contribution in [0.15, 0.2) is 24.3 Å². The maximum absolute atomic E-state index is 13.2. The van der Waals surface area contributed by atoms with Crippen LogP contribution in [0.25, 0.3) is 10.9 Å². The average molecular weight is 446 g/mol. The Labute approximate surface area is 186 Å². The summed E-state index contributed by atoms with van der Waals surface area (Å²) in [6.45, 7) is 6.04. The number of nitrogens with one attached hydrogen (secondary N) is 2. The van der Waals surface area contributed by atoms with E-state index in [2.05, 4.69) is 15.7 Å². The number of para-hydroxylation sites is 1. The zero-order valence-corrected chi connectivity index (χ0v) is 19.1. The first kappa shape index (κ1) is 23.1. The molecule has 1 fully saturated rings. The molecule has 0 spiro atoms. The zero-order chi connectivity index (χ0) is 22.6. The number of hydrogen-bond donors (Lipinski definition) is 3. The van der Waals surface area contributed by atoms with E-state index in [1.54, 1.807) is 0 Å². The number of carbonyl (C=O) groups excluding carboxylic acids is 3. The van der Waals surface area contributed by atoms with Crippen LogP contribution >= 0.6 is 11.8 Å². The van der Waals surface area contributed by atoms with Crippen molar-refractivity contribution in [2.24, 2.45) is 17.1 Å². The summed E-state index contributed by atoms with van der Waals surface area (Å²) in [4.78, 5) is 36.9. The van der Waals surface area contributed by atoms with Gasteiger partial charge >= 0.3 is 0 Å². The summed E-state index contributed by atoms with van der Waals surface area (Å²) < 4.78 is 1.92. The Balaban J connectivity index is 1.84. The molecule has 8 nitrogen and oxygen atoms in total. The van der Waals surface area contributed by atoms with Crippen LogP contribution in [0.5, 0.6) is 0 Å². The van der Waals surface area contributed by atoms with Crippen molar-refractivity contribution >= 4 is 40.4 Å². The molecule has 168 valence electrons. The van der Waals surface area contributed by atoms with Gasteiger partial charge in [-0.05, 0) is 41.7 Å². The molecule has 1 saturated heterocycles. The van der Waals surface area contributed by atoms with Crippen LogP contribution in [0, 0.1) is 11.3 Å². The third kappa shape index (κ3) is 5.78. The van der Waals surface area contributed by atoms with E-state index in [1.165, 1.54) is 0 Å². The summed E-state index contributed by atoms with van der Waals surface area (Å²) in [6, 6.07) is 6.82. The second kappa shape index (κ2) is 9.72. The normalized spacial score (nSPS) is 16.1. The third-order valence-corrected chi connectivity index (χ3v) is 6.53. The molecule has 0 bridgehead atoms. The standard InChI is InChI=1S/C22H31N5O3S/c1-22(2,3)19(21(30)24-12-17(23)28)25-20(29)18-15-6-4-5-7-16(15)27(26-18)13-14-8-10-31-11-9-14/h4-7,14,19H,8-13H2,1-3H3,(H2,23,28)(H,24,30)(H,25,29)/t19-/m1/s1. The van der Waals surface area contributed by atoms with Crippen LogP contribution in [-0.2, 0) is 16.1 Å². The summed E-state index contributed by atoms with van der Waals surface area (Å²) in [7, 11) is 0. The fourth-order valence-electron chi connectivity index (χ4n) is 3.76. The number of hydrogen-bond acceptors (Lipinski definition) is 5. The van der Waals surface area contributed by atoms with Gasteiger partial charge in [-0.1, -0.05) is 39.0 Å². The van der Waals surface area contributed by atoms with Crippen LogP contribution in [-0.4, -0.2) is 51.6 Å². The Bertz CT molecular complexity index is 960. The zero-order valence-electron chi connectivity index (χ0n) is 18.3. The molecule has 0 saturated carbocycles. The Kier molecular flexibility index (Phi) is 7.25. The molecule has 4 N–H and O–H groups in total. The van der Waals surface area contributed by atoms with Gasteiger partial charge in [0, 0.05) is 11.9 Å². The molecule has 1 aliphatic heterocycles. The van der Waals surface area contributed by atoms with Gasteiger partial charge in [-0.3, -0.25) is 19.1 Å². The van der Waals surface area contributed by atoms with Gasteiger partial charge in [0.2, 0.25) is 11.8 Å². The van der Waals surface area contributed by atoms with Crippen molar-refractivity contribution < 1.29 is 14.4 Å². The Morgan fingerprint density at radius 1 is 1.23 bits per heavy atom. The first-order chi connectivity index (χ1) is 14.7. The highest BCUT2D eigenvalue weighted by atomic mass is 32.2. The van der Waals surface area contributed by atoms with Gasteiger partial charge in [-0.2, -0.15) is 16.9 Å². The van der Waals surface area contributed by atoms with Gasteiger partial charge in [0.05, 0.1) is 12.1 Å². The summed E-state index contributed by atoms with van der Waals surface area (Å²) in [5, 5.41) is 10.7. The van der Waals surface area contributed by atoms with E-state index >= 15 is 0 Å². The number of nitrogens with two attached hydrogens (primary N) is 1. The lowest BCUT2D eigenvalue weighted by Crippen LogP contribution is -2.54. The molecular weight excluding hydrogens is 414 g/mol. The van der Waals surface area contributed by atoms with Crippen LogP contribution in [0.1, 0.15) is 44.1 Å². The van der Waals surface area contributed by atoms with Gasteiger partial charge in [-0.25, -0.2) is 0 Å². The van der Waals surface area contributed by atoms with Gasteiger partial charge < -0.3 is 16.4 Å². The van der Waals surface area contributed by atoms with Crippen LogP contribution in [0.3, 0.4) is 0 Å². The van der Waals surface area contributed by atoms with Crippen LogP contribution in [0.2, 0.25) is 0 Å². The molecule has 1 aromatic carbocycles. The van der Waals surface area contributed by atoms with Crippen molar-refractivity contribution in [1.82, 2.24) is 20.4 Å². The summed E-state index contributed by atoms with van der Waals surface area (Å²) in [5.41, 5.74) is 5.77. The lowest BCUT2D eigenvalue weighted by molar-refractivity contribution is -0.128. The summed E-state index contributed by atoms with van der Waals surface area (Å²) in [6.07, 6.45) is 2.29. The molecule has 3 rings (SSSR count). The highest BCUT2D eigenvalue weighted by Crippen LogP contribution is 2.27. The van der Waals surface area contributed by atoms with Crippen LogP contribution in [0.4, 0.5) is 0 Å². The predicted molar refractivity (Wildman–Crippen MR) is 123 cm³/mol. The number of primary amides is 1. The number of fused-ring (bicyclic) bond motifs is 1. The smallest absolute Gasteiger partial charge is 0.273 e. The molecular formula is C22H31N5O3S. The van der Waals surface area contributed by atoms with Crippen LogP contribution < -0.4 is 16.4 Å². The third-order valence-electron chi connectivity index (χ3n) is 5.49. The van der Waals surface area contributed by atoms with Gasteiger partial charge in [0.25, 0.3) is 5.91 Å². The maximum Gasteiger partial charge on any atom is 0.273 e. The minimum absolute atomic E-state index is 0.279. The first-order valence-electron chi connectivity index (χ1n) is 10.6. The minimum atomic E-state index is -0.848. The van der Waals surface area contributed by atoms with E-state index in [9.17, 15) is 14.4 Å². The fourth-order valence-corrected chi connectivity index (χ4v) is 4.96. The Hall–Kier alpha value is -2.55. The SMILES string of the molecule is CC(C)(C)[C@H](NC(=O)c1nn(CC2CCSCC2)c2ccccc12)C(=O)NCC(N)=O. The highest BCUT2D eigenvalue weighted by Gasteiger charge is 2.34. The number of nitrogens with zero attached hydrogens (tertiary/aromatic N) is 2. The molecule has 31 heavy (non-hydrogen) atoms. The average Bonchev–Trinajstić information content (AvgIpc) is 3.08. The number of carbonyl (C=O) groups is 3. The molecule has 1 aliphatic rings. The molecule has 0 radical (unpaired) electrons. The van der Waals surface area contributed by atoms with E-state index in [-0.39, 0.29) is 6.54 Å². The van der Waals surface area contributed by atoms with Crippen molar-refractivity contribution in [3.05, 3.63) is 30.0 Å². The molecule has 0 unspecified atom stereocenters. The van der Waals surface area contributed by atoms with E-state index in [0.29, 0.717) is 11.6 Å². The second-order valence-corrected chi connectivity index (χ2v) is 10.3. The van der Waals surface area contributed by atoms with Gasteiger partial charge in [-0.15, -0.1) is 0 Å². The number of amides is 3. The van der Waals surface area contributed by atoms with E-state index < -0.39 is 29.2 Å². The van der Waals surface area contributed by atoms with Crippen molar-refractivity contribution in [2.75, 3.05) is 18.1 Å². The summed E-state index contributed by atoms with van der Waals surface area (Å²) in [5.74, 6) is 1.35. The van der Waals surface area contributed by atoms with E-state index in [0.717, 1.165) is 41.8 Å². The maximum atomic E-state index is 13.2. The topological polar surface area (TPSA) is 119 Å². The fraction of sp³-hybridized carbons (Fsp3) is 0.545. The largest absolute Gasteiger partial charge is 0.368 e. The quantitative estimate of drug-likeness (QED) is 0.602. The Morgan fingerprint density at radius 2 is 1.90 bits per heavy atom. The predicted octanol–water partition coefficient (Wildman–Crippen LogP) is 1.93. The minimum Gasteiger partial charge on any atom is -0.368 e.